The van der Waals surface area contributed by atoms with Crippen LogP contribution in [0.5, 0.6) is 0 Å². The Morgan fingerprint density at radius 2 is 2.22 bits per heavy atom. The molecule has 2 rings (SSSR count). The van der Waals surface area contributed by atoms with Gasteiger partial charge in [-0.25, -0.2) is 0 Å². The standard InChI is InChI=1S/C14H20N4/c1-11-10-18(8-7-17(11)2)13-3-4-14(16)12(9-13)5-6-15/h3-4,9,11H,5,7-8,10,16H2,1-2H3. The van der Waals surface area contributed by atoms with Crippen molar-refractivity contribution in [2.45, 2.75) is 19.4 Å². The predicted molar refractivity (Wildman–Crippen MR) is 74.5 cm³/mol. The summed E-state index contributed by atoms with van der Waals surface area (Å²) in [5.41, 5.74) is 8.69. The molecule has 2 N–H and O–H groups in total. The number of nitrogens with zero attached hydrogens (tertiary/aromatic N) is 3. The number of nitrogens with two attached hydrogens (primary N) is 1. The van der Waals surface area contributed by atoms with Crippen molar-refractivity contribution < 1.29 is 0 Å². The van der Waals surface area contributed by atoms with Crippen LogP contribution in [-0.4, -0.2) is 37.6 Å². The highest BCUT2D eigenvalue weighted by molar-refractivity contribution is 5.59. The van der Waals surface area contributed by atoms with Crippen molar-refractivity contribution in [1.29, 1.82) is 5.26 Å². The van der Waals surface area contributed by atoms with Gasteiger partial charge in [-0.3, -0.25) is 0 Å². The Bertz CT molecular complexity index is 463. The van der Waals surface area contributed by atoms with E-state index in [0.717, 1.165) is 25.2 Å². The number of anilines is 2. The van der Waals surface area contributed by atoms with Crippen LogP contribution < -0.4 is 10.6 Å². The number of likely N-dealkylation sites (N-methyl/N-ethyl adjacent to an activating group) is 1. The second-order valence-corrected chi connectivity index (χ2v) is 4.99. The second-order valence-electron chi connectivity index (χ2n) is 4.99. The minimum absolute atomic E-state index is 0.378. The van der Waals surface area contributed by atoms with E-state index in [1.165, 1.54) is 5.69 Å². The maximum Gasteiger partial charge on any atom is 0.0670 e. The first-order valence-corrected chi connectivity index (χ1v) is 6.32. The molecule has 1 unspecified atom stereocenters. The fourth-order valence-electron chi connectivity index (χ4n) is 2.31. The Hall–Kier alpha value is -1.73. The van der Waals surface area contributed by atoms with Crippen molar-refractivity contribution in [3.63, 3.8) is 0 Å². The Morgan fingerprint density at radius 3 is 2.89 bits per heavy atom. The molecule has 1 aromatic carbocycles. The van der Waals surface area contributed by atoms with Gasteiger partial charge in [-0.15, -0.1) is 0 Å². The molecule has 1 aromatic rings. The average Bonchev–Trinajstić information content (AvgIpc) is 2.36. The highest BCUT2D eigenvalue weighted by Gasteiger charge is 2.21. The van der Waals surface area contributed by atoms with E-state index in [4.69, 9.17) is 11.0 Å². The first-order chi connectivity index (χ1) is 8.61. The van der Waals surface area contributed by atoms with E-state index in [9.17, 15) is 0 Å². The Balaban J connectivity index is 2.19. The summed E-state index contributed by atoms with van der Waals surface area (Å²) in [5.74, 6) is 0. The summed E-state index contributed by atoms with van der Waals surface area (Å²) in [6.45, 7) is 5.35. The van der Waals surface area contributed by atoms with Crippen LogP contribution in [0.3, 0.4) is 0 Å². The molecule has 0 amide bonds. The summed E-state index contributed by atoms with van der Waals surface area (Å²) < 4.78 is 0. The van der Waals surface area contributed by atoms with E-state index in [1.54, 1.807) is 0 Å². The summed E-state index contributed by atoms with van der Waals surface area (Å²) in [6.07, 6.45) is 0.378. The molecule has 1 atom stereocenters. The van der Waals surface area contributed by atoms with Crippen molar-refractivity contribution in [1.82, 2.24) is 4.90 Å². The van der Waals surface area contributed by atoms with Crippen LogP contribution in [0.15, 0.2) is 18.2 Å². The number of benzene rings is 1. The molecule has 1 aliphatic rings. The van der Waals surface area contributed by atoms with Crippen LogP contribution in [-0.2, 0) is 6.42 Å². The largest absolute Gasteiger partial charge is 0.398 e. The first kappa shape index (κ1) is 12.7. The summed E-state index contributed by atoms with van der Waals surface area (Å²) >= 11 is 0. The number of hydrogen-bond acceptors (Lipinski definition) is 4. The zero-order valence-electron chi connectivity index (χ0n) is 11.1. The van der Waals surface area contributed by atoms with Gasteiger partial charge in [0.1, 0.15) is 0 Å². The molecule has 0 bridgehead atoms. The molecule has 1 aliphatic heterocycles. The molecule has 4 nitrogen and oxygen atoms in total. The van der Waals surface area contributed by atoms with Crippen molar-refractivity contribution in [2.75, 3.05) is 37.3 Å². The van der Waals surface area contributed by atoms with Crippen LogP contribution in [0.1, 0.15) is 12.5 Å². The van der Waals surface area contributed by atoms with Gasteiger partial charge in [0.25, 0.3) is 0 Å². The topological polar surface area (TPSA) is 56.3 Å². The number of piperazine rings is 1. The van der Waals surface area contributed by atoms with E-state index < -0.39 is 0 Å². The Labute approximate surface area is 109 Å². The van der Waals surface area contributed by atoms with Crippen molar-refractivity contribution in [2.24, 2.45) is 0 Å². The summed E-state index contributed by atoms with van der Waals surface area (Å²) in [6, 6.07) is 8.73. The molecule has 1 heterocycles. The first-order valence-electron chi connectivity index (χ1n) is 6.32. The van der Waals surface area contributed by atoms with E-state index in [0.29, 0.717) is 18.2 Å². The van der Waals surface area contributed by atoms with Crippen molar-refractivity contribution >= 4 is 11.4 Å². The van der Waals surface area contributed by atoms with Gasteiger partial charge in [0, 0.05) is 37.1 Å². The van der Waals surface area contributed by atoms with Gasteiger partial charge in [0.15, 0.2) is 0 Å². The normalized spacial score (nSPS) is 20.7. The third-order valence-corrected chi connectivity index (χ3v) is 3.72. The lowest BCUT2D eigenvalue weighted by molar-refractivity contribution is 0.234. The number of nitrogen functional groups attached to an aromatic ring is 1. The molecule has 96 valence electrons. The molecule has 0 aromatic heterocycles. The highest BCUT2D eigenvalue weighted by Crippen LogP contribution is 2.23. The highest BCUT2D eigenvalue weighted by atomic mass is 15.3. The molecular weight excluding hydrogens is 224 g/mol. The maximum absolute atomic E-state index is 8.80. The minimum Gasteiger partial charge on any atom is -0.398 e. The zero-order valence-corrected chi connectivity index (χ0v) is 11.1. The van der Waals surface area contributed by atoms with Crippen LogP contribution in [0, 0.1) is 11.3 Å². The molecule has 0 spiro atoms. The monoisotopic (exact) mass is 244 g/mol. The van der Waals surface area contributed by atoms with Crippen LogP contribution in [0.25, 0.3) is 0 Å². The summed E-state index contributed by atoms with van der Waals surface area (Å²) in [4.78, 5) is 4.73. The molecule has 0 saturated carbocycles. The number of hydrogen-bond donors (Lipinski definition) is 1. The summed E-state index contributed by atoms with van der Waals surface area (Å²) in [7, 11) is 2.16. The third-order valence-electron chi connectivity index (χ3n) is 3.72. The second kappa shape index (κ2) is 5.28. The smallest absolute Gasteiger partial charge is 0.0670 e. The quantitative estimate of drug-likeness (QED) is 0.801. The molecule has 1 fully saturated rings. The summed E-state index contributed by atoms with van der Waals surface area (Å²) in [5, 5.41) is 8.80. The molecule has 18 heavy (non-hydrogen) atoms. The molecule has 1 saturated heterocycles. The third kappa shape index (κ3) is 2.57. The Kier molecular flexibility index (Phi) is 3.73. The number of nitriles is 1. The lowest BCUT2D eigenvalue weighted by Gasteiger charge is -2.39. The maximum atomic E-state index is 8.80. The van der Waals surface area contributed by atoms with Gasteiger partial charge in [-0.1, -0.05) is 0 Å². The van der Waals surface area contributed by atoms with Gasteiger partial charge >= 0.3 is 0 Å². The van der Waals surface area contributed by atoms with Gasteiger partial charge in [0.05, 0.1) is 12.5 Å². The molecular formula is C14H20N4. The van der Waals surface area contributed by atoms with Gasteiger partial charge in [0.2, 0.25) is 0 Å². The molecule has 4 heteroatoms. The van der Waals surface area contributed by atoms with Gasteiger partial charge in [-0.05, 0) is 37.7 Å². The van der Waals surface area contributed by atoms with Gasteiger partial charge < -0.3 is 15.5 Å². The van der Waals surface area contributed by atoms with Crippen molar-refractivity contribution in [3.8, 4) is 6.07 Å². The fraction of sp³-hybridized carbons (Fsp3) is 0.500. The van der Waals surface area contributed by atoms with E-state index in [1.807, 2.05) is 12.1 Å². The number of rotatable bonds is 2. The minimum atomic E-state index is 0.378. The van der Waals surface area contributed by atoms with E-state index in [2.05, 4.69) is 35.9 Å². The molecule has 0 radical (unpaired) electrons. The van der Waals surface area contributed by atoms with E-state index in [-0.39, 0.29) is 0 Å². The van der Waals surface area contributed by atoms with E-state index >= 15 is 0 Å². The predicted octanol–water partition coefficient (Wildman–Crippen LogP) is 1.48. The molecule has 0 aliphatic carbocycles. The van der Waals surface area contributed by atoms with Crippen LogP contribution in [0.4, 0.5) is 11.4 Å². The average molecular weight is 244 g/mol. The zero-order chi connectivity index (χ0) is 13.1. The SMILES string of the molecule is CC1CN(c2ccc(N)c(CC#N)c2)CCN1C. The lowest BCUT2D eigenvalue weighted by atomic mass is 10.1. The van der Waals surface area contributed by atoms with Crippen molar-refractivity contribution in [3.05, 3.63) is 23.8 Å². The Morgan fingerprint density at radius 1 is 1.44 bits per heavy atom. The fourth-order valence-corrected chi connectivity index (χ4v) is 2.31. The van der Waals surface area contributed by atoms with Gasteiger partial charge in [-0.2, -0.15) is 5.26 Å². The lowest BCUT2D eigenvalue weighted by Crippen LogP contribution is -2.50. The van der Waals surface area contributed by atoms with Crippen LogP contribution >= 0.6 is 0 Å². The van der Waals surface area contributed by atoms with Crippen LogP contribution in [0.2, 0.25) is 0 Å².